The average Bonchev–Trinajstić information content (AvgIpc) is 2.55. The van der Waals surface area contributed by atoms with Gasteiger partial charge in [-0.3, -0.25) is 4.79 Å². The third-order valence-corrected chi connectivity index (χ3v) is 3.25. The Labute approximate surface area is 134 Å². The molecule has 0 aromatic heterocycles. The zero-order valence-electron chi connectivity index (χ0n) is 12.3. The molecule has 0 spiro atoms. The van der Waals surface area contributed by atoms with E-state index in [2.05, 4.69) is 5.32 Å². The Balaban J connectivity index is 2.16. The highest BCUT2D eigenvalue weighted by Gasteiger charge is 2.11. The summed E-state index contributed by atoms with van der Waals surface area (Å²) in [5, 5.41) is 3.16. The molecule has 4 nitrogen and oxygen atoms in total. The fourth-order valence-corrected chi connectivity index (χ4v) is 2.10. The molecular weight excluding hydrogens is 302 g/mol. The molecule has 114 valence electrons. The number of nitrogens with one attached hydrogen (secondary N) is 1. The minimum Gasteiger partial charge on any atom is -0.495 e. The van der Waals surface area contributed by atoms with Gasteiger partial charge in [0, 0.05) is 18.2 Å². The first kappa shape index (κ1) is 15.9. The van der Waals surface area contributed by atoms with Gasteiger partial charge in [-0.15, -0.1) is 0 Å². The highest BCUT2D eigenvalue weighted by Crippen LogP contribution is 2.35. The second-order valence-electron chi connectivity index (χ2n) is 4.42. The summed E-state index contributed by atoms with van der Waals surface area (Å²) in [5.74, 6) is 0.656. The molecule has 0 aliphatic carbocycles. The fourth-order valence-electron chi connectivity index (χ4n) is 1.87. The number of benzene rings is 2. The van der Waals surface area contributed by atoms with E-state index >= 15 is 0 Å². The lowest BCUT2D eigenvalue weighted by molar-refractivity contribution is -0.111. The number of carbonyl (C=O) groups excluding carboxylic acids is 1. The van der Waals surface area contributed by atoms with Crippen LogP contribution in [-0.2, 0) is 4.79 Å². The third-order valence-electron chi connectivity index (χ3n) is 2.96. The Morgan fingerprint density at radius 3 is 2.41 bits per heavy atom. The van der Waals surface area contributed by atoms with E-state index in [1.54, 1.807) is 18.2 Å². The summed E-state index contributed by atoms with van der Waals surface area (Å²) in [4.78, 5) is 12.0. The van der Waals surface area contributed by atoms with E-state index in [-0.39, 0.29) is 5.91 Å². The average molecular weight is 318 g/mol. The van der Waals surface area contributed by atoms with Crippen LogP contribution in [0.5, 0.6) is 11.5 Å². The number of hydrogen-bond donors (Lipinski definition) is 1. The summed E-state index contributed by atoms with van der Waals surface area (Å²) >= 11 is 6.03. The number of methoxy groups -OCH3 is 2. The molecule has 0 radical (unpaired) electrons. The molecule has 22 heavy (non-hydrogen) atoms. The van der Waals surface area contributed by atoms with Crippen molar-refractivity contribution in [3.8, 4) is 11.5 Å². The molecule has 2 aromatic carbocycles. The molecule has 0 saturated heterocycles. The topological polar surface area (TPSA) is 47.6 Å². The van der Waals surface area contributed by atoms with Crippen molar-refractivity contribution in [2.45, 2.75) is 0 Å². The molecule has 0 bridgehead atoms. The Morgan fingerprint density at radius 2 is 1.77 bits per heavy atom. The summed E-state index contributed by atoms with van der Waals surface area (Å²) in [7, 11) is 3.02. The number of amides is 1. The third kappa shape index (κ3) is 4.02. The Kier molecular flexibility index (Phi) is 5.44. The molecule has 1 amide bonds. The van der Waals surface area contributed by atoms with Gasteiger partial charge in [0.1, 0.15) is 11.5 Å². The summed E-state index contributed by atoms with van der Waals surface area (Å²) in [6.07, 6.45) is 3.19. The largest absolute Gasteiger partial charge is 0.495 e. The Bertz CT molecular complexity index is 684. The minimum absolute atomic E-state index is 0.272. The molecule has 0 fully saturated rings. The lowest BCUT2D eigenvalue weighted by Gasteiger charge is -2.12. The maximum Gasteiger partial charge on any atom is 0.248 e. The number of rotatable bonds is 5. The zero-order chi connectivity index (χ0) is 15.9. The van der Waals surface area contributed by atoms with Crippen molar-refractivity contribution in [2.24, 2.45) is 0 Å². The van der Waals surface area contributed by atoms with Gasteiger partial charge in [0.15, 0.2) is 0 Å². The van der Waals surface area contributed by atoms with E-state index in [0.29, 0.717) is 22.2 Å². The van der Waals surface area contributed by atoms with E-state index in [0.717, 1.165) is 5.56 Å². The second kappa shape index (κ2) is 7.52. The summed E-state index contributed by atoms with van der Waals surface area (Å²) in [6.45, 7) is 0. The first-order valence-corrected chi connectivity index (χ1v) is 6.97. The molecular formula is C17H16ClNO3. The van der Waals surface area contributed by atoms with Gasteiger partial charge in [0.05, 0.1) is 24.9 Å². The lowest BCUT2D eigenvalue weighted by Crippen LogP contribution is -2.09. The lowest BCUT2D eigenvalue weighted by atomic mass is 10.2. The SMILES string of the molecule is COc1cc(NC(=O)/C=C/c2ccccc2)c(OC)cc1Cl. The van der Waals surface area contributed by atoms with Crippen LogP contribution in [0, 0.1) is 0 Å². The second-order valence-corrected chi connectivity index (χ2v) is 4.83. The van der Waals surface area contributed by atoms with Crippen molar-refractivity contribution in [2.75, 3.05) is 19.5 Å². The van der Waals surface area contributed by atoms with Crippen LogP contribution in [0.3, 0.4) is 0 Å². The maximum absolute atomic E-state index is 12.0. The van der Waals surface area contributed by atoms with E-state index in [9.17, 15) is 4.79 Å². The molecule has 5 heteroatoms. The smallest absolute Gasteiger partial charge is 0.248 e. The van der Waals surface area contributed by atoms with Crippen molar-refractivity contribution in [3.63, 3.8) is 0 Å². The van der Waals surface area contributed by atoms with Gasteiger partial charge >= 0.3 is 0 Å². The standard InChI is InChI=1S/C17H16ClNO3/c1-21-15-11-14(16(22-2)10-13(15)18)19-17(20)9-8-12-6-4-3-5-7-12/h3-11H,1-2H3,(H,19,20)/b9-8+. The van der Waals surface area contributed by atoms with E-state index in [4.69, 9.17) is 21.1 Å². The molecule has 0 aliphatic heterocycles. The molecule has 0 saturated carbocycles. The van der Waals surface area contributed by atoms with Gasteiger partial charge in [-0.25, -0.2) is 0 Å². The monoisotopic (exact) mass is 317 g/mol. The van der Waals surface area contributed by atoms with Gasteiger partial charge in [-0.1, -0.05) is 41.9 Å². The first-order valence-electron chi connectivity index (χ1n) is 6.59. The van der Waals surface area contributed by atoms with Gasteiger partial charge in [-0.05, 0) is 11.6 Å². The normalized spacial score (nSPS) is 10.5. The van der Waals surface area contributed by atoms with Crippen LogP contribution in [0.2, 0.25) is 5.02 Å². The number of ether oxygens (including phenoxy) is 2. The predicted octanol–water partition coefficient (Wildman–Crippen LogP) is 4.01. The van der Waals surface area contributed by atoms with E-state index in [1.807, 2.05) is 30.3 Å². The summed E-state index contributed by atoms with van der Waals surface area (Å²) < 4.78 is 10.3. The molecule has 0 unspecified atom stereocenters. The van der Waals surface area contributed by atoms with Crippen molar-refractivity contribution in [3.05, 3.63) is 59.1 Å². The summed E-state index contributed by atoms with van der Waals surface area (Å²) in [5.41, 5.74) is 1.43. The van der Waals surface area contributed by atoms with Crippen LogP contribution in [0.25, 0.3) is 6.08 Å². The Hall–Kier alpha value is -2.46. The van der Waals surface area contributed by atoms with E-state index < -0.39 is 0 Å². The maximum atomic E-state index is 12.0. The zero-order valence-corrected chi connectivity index (χ0v) is 13.1. The van der Waals surface area contributed by atoms with Gasteiger partial charge in [-0.2, -0.15) is 0 Å². The molecule has 0 aliphatic rings. The highest BCUT2D eigenvalue weighted by atomic mass is 35.5. The van der Waals surface area contributed by atoms with Crippen LogP contribution in [0.4, 0.5) is 5.69 Å². The van der Waals surface area contributed by atoms with Crippen LogP contribution < -0.4 is 14.8 Å². The number of carbonyl (C=O) groups is 1. The summed E-state index contributed by atoms with van der Waals surface area (Å²) in [6, 6.07) is 12.8. The number of anilines is 1. The molecule has 2 aromatic rings. The first-order chi connectivity index (χ1) is 10.6. The Morgan fingerprint density at radius 1 is 1.09 bits per heavy atom. The van der Waals surface area contributed by atoms with Crippen molar-refractivity contribution < 1.29 is 14.3 Å². The quantitative estimate of drug-likeness (QED) is 0.848. The highest BCUT2D eigenvalue weighted by molar-refractivity contribution is 6.32. The van der Waals surface area contributed by atoms with Crippen LogP contribution in [-0.4, -0.2) is 20.1 Å². The molecule has 1 N–H and O–H groups in total. The van der Waals surface area contributed by atoms with Gasteiger partial charge in [0.25, 0.3) is 0 Å². The molecule has 2 rings (SSSR count). The van der Waals surface area contributed by atoms with Crippen LogP contribution >= 0.6 is 11.6 Å². The van der Waals surface area contributed by atoms with Gasteiger partial charge in [0.2, 0.25) is 5.91 Å². The van der Waals surface area contributed by atoms with E-state index in [1.165, 1.54) is 20.3 Å². The van der Waals surface area contributed by atoms with Crippen LogP contribution in [0.15, 0.2) is 48.5 Å². The fraction of sp³-hybridized carbons (Fsp3) is 0.118. The minimum atomic E-state index is -0.272. The van der Waals surface area contributed by atoms with Crippen molar-refractivity contribution in [1.29, 1.82) is 0 Å². The van der Waals surface area contributed by atoms with Crippen LogP contribution in [0.1, 0.15) is 5.56 Å². The molecule has 0 heterocycles. The molecule has 0 atom stereocenters. The van der Waals surface area contributed by atoms with Crippen molar-refractivity contribution in [1.82, 2.24) is 0 Å². The number of halogens is 1. The van der Waals surface area contributed by atoms with Crippen molar-refractivity contribution >= 4 is 29.3 Å². The van der Waals surface area contributed by atoms with Gasteiger partial charge < -0.3 is 14.8 Å². The predicted molar refractivity (Wildman–Crippen MR) is 88.7 cm³/mol. The number of hydrogen-bond acceptors (Lipinski definition) is 3.